The molecule has 2 rings (SSSR count). The highest BCUT2D eigenvalue weighted by Gasteiger charge is 2.35. The first-order valence-electron chi connectivity index (χ1n) is 5.55. The van der Waals surface area contributed by atoms with Crippen LogP contribution < -0.4 is 11.1 Å². The Morgan fingerprint density at radius 3 is 2.62 bits per heavy atom. The largest absolute Gasteiger partial charge is 0.388 e. The maximum Gasteiger partial charge on any atom is 0.144 e. The van der Waals surface area contributed by atoms with Gasteiger partial charge in [-0.25, -0.2) is 9.97 Å². The molecule has 1 aliphatic carbocycles. The third-order valence-corrected chi connectivity index (χ3v) is 3.49. The van der Waals surface area contributed by atoms with Gasteiger partial charge < -0.3 is 11.1 Å². The molecule has 1 heterocycles. The van der Waals surface area contributed by atoms with E-state index in [9.17, 15) is 0 Å². The minimum Gasteiger partial charge on any atom is -0.388 e. The number of anilines is 1. The minimum absolute atomic E-state index is 0.236. The van der Waals surface area contributed by atoms with Crippen molar-refractivity contribution in [2.45, 2.75) is 38.1 Å². The summed E-state index contributed by atoms with van der Waals surface area (Å²) in [7, 11) is 0. The Morgan fingerprint density at radius 1 is 1.50 bits per heavy atom. The van der Waals surface area contributed by atoms with Crippen LogP contribution in [-0.4, -0.2) is 20.5 Å². The molecule has 86 valence electrons. The summed E-state index contributed by atoms with van der Waals surface area (Å²) in [4.78, 5) is 8.72. The van der Waals surface area contributed by atoms with Crippen molar-refractivity contribution in [2.75, 3.05) is 5.32 Å². The SMILES string of the molecule is CCC1(Nc2cnc(C(N)=S)cn2)CCC1. The second-order valence-corrected chi connectivity index (χ2v) is 4.70. The fourth-order valence-corrected chi connectivity index (χ4v) is 2.07. The van der Waals surface area contributed by atoms with Gasteiger partial charge in [0.1, 0.15) is 16.5 Å². The number of nitrogens with two attached hydrogens (primary N) is 1. The van der Waals surface area contributed by atoms with Crippen LogP contribution in [0.2, 0.25) is 0 Å². The van der Waals surface area contributed by atoms with Crippen molar-refractivity contribution in [1.82, 2.24) is 9.97 Å². The second-order valence-electron chi connectivity index (χ2n) is 4.26. The van der Waals surface area contributed by atoms with Crippen molar-refractivity contribution in [1.29, 1.82) is 0 Å². The lowest BCUT2D eigenvalue weighted by Gasteiger charge is -2.42. The molecule has 0 unspecified atom stereocenters. The fourth-order valence-electron chi connectivity index (χ4n) is 1.96. The summed E-state index contributed by atoms with van der Waals surface area (Å²) in [5, 5.41) is 3.45. The van der Waals surface area contributed by atoms with Gasteiger partial charge in [-0.3, -0.25) is 0 Å². The van der Waals surface area contributed by atoms with Gasteiger partial charge in [-0.05, 0) is 25.7 Å². The molecule has 0 aromatic carbocycles. The molecule has 16 heavy (non-hydrogen) atoms. The van der Waals surface area contributed by atoms with E-state index in [1.54, 1.807) is 12.4 Å². The molecular weight excluding hydrogens is 220 g/mol. The van der Waals surface area contributed by atoms with Crippen molar-refractivity contribution >= 4 is 23.0 Å². The monoisotopic (exact) mass is 236 g/mol. The van der Waals surface area contributed by atoms with Gasteiger partial charge in [0.05, 0.1) is 12.4 Å². The van der Waals surface area contributed by atoms with Gasteiger partial charge in [0.2, 0.25) is 0 Å². The first-order valence-corrected chi connectivity index (χ1v) is 5.96. The van der Waals surface area contributed by atoms with Crippen LogP contribution in [0.5, 0.6) is 0 Å². The molecule has 1 fully saturated rings. The van der Waals surface area contributed by atoms with Crippen LogP contribution in [0.3, 0.4) is 0 Å². The van der Waals surface area contributed by atoms with Gasteiger partial charge in [-0.1, -0.05) is 19.1 Å². The summed E-state index contributed by atoms with van der Waals surface area (Å²) in [6.45, 7) is 2.20. The van der Waals surface area contributed by atoms with E-state index in [0.717, 1.165) is 12.2 Å². The number of nitrogens with one attached hydrogen (secondary N) is 1. The molecule has 5 heteroatoms. The number of thiocarbonyl (C=S) groups is 1. The van der Waals surface area contributed by atoms with E-state index in [1.807, 2.05) is 0 Å². The molecule has 4 nitrogen and oxygen atoms in total. The van der Waals surface area contributed by atoms with E-state index in [2.05, 4.69) is 22.2 Å². The van der Waals surface area contributed by atoms with Gasteiger partial charge in [0.25, 0.3) is 0 Å². The predicted molar refractivity (Wildman–Crippen MR) is 68.4 cm³/mol. The first kappa shape index (κ1) is 11.3. The zero-order valence-corrected chi connectivity index (χ0v) is 10.2. The Hall–Kier alpha value is -1.23. The van der Waals surface area contributed by atoms with E-state index in [-0.39, 0.29) is 10.5 Å². The lowest BCUT2D eigenvalue weighted by Crippen LogP contribution is -2.44. The molecule has 0 spiro atoms. The number of hydrogen-bond donors (Lipinski definition) is 2. The van der Waals surface area contributed by atoms with Gasteiger partial charge in [0, 0.05) is 5.54 Å². The molecule has 3 N–H and O–H groups in total. The third kappa shape index (κ3) is 2.14. The minimum atomic E-state index is 0.236. The average molecular weight is 236 g/mol. The first-order chi connectivity index (χ1) is 7.65. The Kier molecular flexibility index (Phi) is 3.05. The van der Waals surface area contributed by atoms with E-state index in [1.165, 1.54) is 19.3 Å². The molecule has 0 aliphatic heterocycles. The topological polar surface area (TPSA) is 63.8 Å². The highest BCUT2D eigenvalue weighted by molar-refractivity contribution is 7.80. The van der Waals surface area contributed by atoms with Crippen molar-refractivity contribution in [2.24, 2.45) is 5.73 Å². The average Bonchev–Trinajstić information content (AvgIpc) is 2.24. The summed E-state index contributed by atoms with van der Waals surface area (Å²) < 4.78 is 0. The molecule has 0 amide bonds. The van der Waals surface area contributed by atoms with Crippen LogP contribution in [0.1, 0.15) is 38.3 Å². The number of hydrogen-bond acceptors (Lipinski definition) is 4. The summed E-state index contributed by atoms with van der Waals surface area (Å²) in [6, 6.07) is 0. The van der Waals surface area contributed by atoms with E-state index in [4.69, 9.17) is 18.0 Å². The lowest BCUT2D eigenvalue weighted by atomic mass is 9.75. The fraction of sp³-hybridized carbons (Fsp3) is 0.545. The molecule has 1 aliphatic rings. The van der Waals surface area contributed by atoms with Crippen LogP contribution in [0.4, 0.5) is 5.82 Å². The summed E-state index contributed by atoms with van der Waals surface area (Å²) in [5.74, 6) is 0.807. The number of rotatable bonds is 4. The predicted octanol–water partition coefficient (Wildman–Crippen LogP) is 1.86. The zero-order valence-electron chi connectivity index (χ0n) is 9.36. The molecule has 0 bridgehead atoms. The lowest BCUT2D eigenvalue weighted by molar-refractivity contribution is 0.268. The molecule has 0 atom stereocenters. The Balaban J connectivity index is 2.07. The number of nitrogens with zero attached hydrogens (tertiary/aromatic N) is 2. The van der Waals surface area contributed by atoms with Crippen LogP contribution in [0, 0.1) is 0 Å². The summed E-state index contributed by atoms with van der Waals surface area (Å²) >= 11 is 4.83. The molecule has 0 saturated heterocycles. The van der Waals surface area contributed by atoms with Gasteiger partial charge >= 0.3 is 0 Å². The smallest absolute Gasteiger partial charge is 0.144 e. The Bertz CT molecular complexity index is 378. The van der Waals surface area contributed by atoms with Crippen molar-refractivity contribution in [3.05, 3.63) is 18.1 Å². The molecule has 1 aromatic heterocycles. The Labute approximate surface area is 101 Å². The maximum absolute atomic E-state index is 5.46. The van der Waals surface area contributed by atoms with Gasteiger partial charge in [0.15, 0.2) is 0 Å². The van der Waals surface area contributed by atoms with E-state index in [0.29, 0.717) is 5.69 Å². The third-order valence-electron chi connectivity index (χ3n) is 3.28. The van der Waals surface area contributed by atoms with Crippen LogP contribution in [0.25, 0.3) is 0 Å². The highest BCUT2D eigenvalue weighted by Crippen LogP contribution is 2.37. The normalized spacial score (nSPS) is 17.6. The van der Waals surface area contributed by atoms with Gasteiger partial charge in [-0.15, -0.1) is 0 Å². The van der Waals surface area contributed by atoms with Gasteiger partial charge in [-0.2, -0.15) is 0 Å². The van der Waals surface area contributed by atoms with Crippen LogP contribution >= 0.6 is 12.2 Å². The van der Waals surface area contributed by atoms with Crippen LogP contribution in [0.15, 0.2) is 12.4 Å². The van der Waals surface area contributed by atoms with E-state index >= 15 is 0 Å². The standard InChI is InChI=1S/C11H16N4S/c1-2-11(4-3-5-11)15-9-7-13-8(6-14-9)10(12)16/h6-7H,2-5H2,1H3,(H2,12,16)(H,14,15). The Morgan fingerprint density at radius 2 is 2.25 bits per heavy atom. The maximum atomic E-state index is 5.46. The van der Waals surface area contributed by atoms with Crippen LogP contribution in [-0.2, 0) is 0 Å². The van der Waals surface area contributed by atoms with E-state index < -0.39 is 0 Å². The highest BCUT2D eigenvalue weighted by atomic mass is 32.1. The van der Waals surface area contributed by atoms with Crippen molar-refractivity contribution in [3.8, 4) is 0 Å². The molecule has 1 aromatic rings. The van der Waals surface area contributed by atoms with Crippen molar-refractivity contribution < 1.29 is 0 Å². The molecule has 0 radical (unpaired) electrons. The molecule has 1 saturated carbocycles. The summed E-state index contributed by atoms with van der Waals surface area (Å²) in [6.07, 6.45) is 8.15. The quantitative estimate of drug-likeness (QED) is 0.781. The molecular formula is C11H16N4S. The zero-order chi connectivity index (χ0) is 11.6. The second kappa shape index (κ2) is 4.33. The summed E-state index contributed by atoms with van der Waals surface area (Å²) in [5.41, 5.74) is 6.27. The van der Waals surface area contributed by atoms with Crippen molar-refractivity contribution in [3.63, 3.8) is 0 Å². The number of aromatic nitrogens is 2.